The lowest BCUT2D eigenvalue weighted by Gasteiger charge is -2.21. The molecule has 0 amide bonds. The maximum Gasteiger partial charge on any atom is 0.336 e. The van der Waals surface area contributed by atoms with E-state index in [1.807, 2.05) is 41.6 Å². The summed E-state index contributed by atoms with van der Waals surface area (Å²) in [5.41, 5.74) is 0.392. The van der Waals surface area contributed by atoms with Gasteiger partial charge in [0.2, 0.25) is 0 Å². The summed E-state index contributed by atoms with van der Waals surface area (Å²) in [5.74, 6) is -0.282. The van der Waals surface area contributed by atoms with E-state index in [4.69, 9.17) is 0 Å². The Bertz CT molecular complexity index is 1820. The van der Waals surface area contributed by atoms with Crippen LogP contribution in [0.25, 0.3) is 16.6 Å². The third kappa shape index (κ3) is 4.97. The van der Waals surface area contributed by atoms with Gasteiger partial charge in [-0.2, -0.15) is 0 Å². The van der Waals surface area contributed by atoms with E-state index in [0.717, 1.165) is 5.56 Å². The number of benzene rings is 2. The number of aromatic nitrogens is 3. The van der Waals surface area contributed by atoms with Crippen LogP contribution in [0.4, 0.5) is 15.9 Å². The summed E-state index contributed by atoms with van der Waals surface area (Å²) in [6, 6.07) is 11.6. The van der Waals surface area contributed by atoms with Crippen molar-refractivity contribution in [2.45, 2.75) is 52.0 Å². The average molecular weight is 642 g/mol. The molecule has 8 nitrogen and oxygen atoms in total. The van der Waals surface area contributed by atoms with E-state index in [9.17, 15) is 23.6 Å². The zero-order chi connectivity index (χ0) is 28.0. The lowest BCUT2D eigenvalue weighted by Crippen LogP contribution is -2.41. The average Bonchev–Trinajstić information content (AvgIpc) is 3.75. The number of Topliss-reactive ketones (excluding diaryl/α,β-unsaturated/α-hetero) is 1. The lowest BCUT2D eigenvalue weighted by molar-refractivity contribution is -0.118. The van der Waals surface area contributed by atoms with E-state index < -0.39 is 22.6 Å². The molecule has 202 valence electrons. The Kier molecular flexibility index (Phi) is 7.32. The first kappa shape index (κ1) is 27.0. The van der Waals surface area contributed by atoms with Gasteiger partial charge in [-0.15, -0.1) is 0 Å². The highest BCUT2D eigenvalue weighted by Gasteiger charge is 2.31. The Morgan fingerprint density at radius 1 is 1.10 bits per heavy atom. The maximum atomic E-state index is 14.9. The fourth-order valence-corrected chi connectivity index (χ4v) is 5.34. The Hall–Kier alpha value is -3.54. The quantitative estimate of drug-likeness (QED) is 0.276. The number of anilines is 2. The second kappa shape index (κ2) is 10.6. The molecule has 5 rings (SSSR count). The van der Waals surface area contributed by atoms with E-state index in [1.54, 1.807) is 31.2 Å². The minimum atomic E-state index is -0.534. The van der Waals surface area contributed by atoms with Crippen molar-refractivity contribution in [3.8, 4) is 5.69 Å². The largest absolute Gasteiger partial charge is 0.338 e. The summed E-state index contributed by atoms with van der Waals surface area (Å²) >= 11 is 2.00. The number of nitrogens with zero attached hydrogens (tertiary/aromatic N) is 3. The summed E-state index contributed by atoms with van der Waals surface area (Å²) in [6.07, 6.45) is 2.73. The minimum absolute atomic E-state index is 0.105. The van der Waals surface area contributed by atoms with Crippen LogP contribution in [0.15, 0.2) is 56.8 Å². The third-order valence-electron chi connectivity index (χ3n) is 7.20. The molecule has 4 aromatic rings. The predicted molar refractivity (Wildman–Crippen MR) is 158 cm³/mol. The van der Waals surface area contributed by atoms with Crippen molar-refractivity contribution >= 4 is 50.8 Å². The smallest absolute Gasteiger partial charge is 0.336 e. The summed E-state index contributed by atoms with van der Waals surface area (Å²) < 4.78 is 19.5. The Balaban J connectivity index is 1.82. The molecule has 0 radical (unpaired) electrons. The zero-order valence-corrected chi connectivity index (χ0v) is 24.0. The van der Waals surface area contributed by atoms with Gasteiger partial charge in [0.1, 0.15) is 22.8 Å². The molecule has 0 aliphatic heterocycles. The predicted octanol–water partition coefficient (Wildman–Crippen LogP) is 4.89. The highest BCUT2D eigenvalue weighted by molar-refractivity contribution is 14.1. The summed E-state index contributed by atoms with van der Waals surface area (Å²) in [6.45, 7) is 3.41. The molecule has 2 aromatic carbocycles. The summed E-state index contributed by atoms with van der Waals surface area (Å²) in [4.78, 5) is 53.1. The molecule has 0 atom stereocenters. The number of carbonyl (C=O) groups is 1. The van der Waals surface area contributed by atoms with Gasteiger partial charge in [-0.25, -0.2) is 9.18 Å². The number of hydrogen-bond acceptors (Lipinski definition) is 5. The summed E-state index contributed by atoms with van der Waals surface area (Å²) in [7, 11) is 1.52. The van der Waals surface area contributed by atoms with Gasteiger partial charge in [-0.1, -0.05) is 19.1 Å². The van der Waals surface area contributed by atoms with E-state index in [-0.39, 0.29) is 39.8 Å². The molecule has 0 saturated heterocycles. The maximum absolute atomic E-state index is 14.9. The molecule has 1 saturated carbocycles. The standard InChI is InChI=1S/C29H28FIN4O4/c1-4-21(36)12-8-17-6-5-7-20(14-17)34-25-16(2)27(37)33(3)26(32-23-13-9-18(31)15-22(23)30)24(25)28(38)35(29(34)39)19-10-11-19/h5-7,9,13-15,19,32H,4,8,10-12H2,1-3H3. The van der Waals surface area contributed by atoms with Crippen LogP contribution in [-0.2, 0) is 18.3 Å². The second-order valence-electron chi connectivity index (χ2n) is 9.90. The van der Waals surface area contributed by atoms with Gasteiger partial charge >= 0.3 is 5.69 Å². The summed E-state index contributed by atoms with van der Waals surface area (Å²) in [5, 5.41) is 3.10. The fourth-order valence-electron chi connectivity index (χ4n) is 4.89. The fraction of sp³-hybridized carbons (Fsp3) is 0.310. The van der Waals surface area contributed by atoms with Crippen molar-refractivity contribution in [1.82, 2.24) is 13.7 Å². The SMILES string of the molecule is CCC(=O)CCc1cccc(-n2c(=O)n(C3CC3)c(=O)c3c(Nc4ccc(I)cc4F)n(C)c(=O)c(C)c32)c1. The van der Waals surface area contributed by atoms with Crippen LogP contribution in [0.2, 0.25) is 0 Å². The van der Waals surface area contributed by atoms with Crippen molar-refractivity contribution in [3.05, 3.63) is 94.2 Å². The number of carbonyl (C=O) groups excluding carboxylic acids is 1. The molecule has 0 bridgehead atoms. The molecule has 39 heavy (non-hydrogen) atoms. The first-order chi connectivity index (χ1) is 18.6. The Labute approximate surface area is 237 Å². The van der Waals surface area contributed by atoms with E-state index in [1.165, 1.54) is 26.8 Å². The van der Waals surface area contributed by atoms with Gasteiger partial charge in [-0.05, 0) is 84.7 Å². The molecule has 1 aliphatic carbocycles. The molecule has 0 spiro atoms. The molecule has 0 unspecified atom stereocenters. The van der Waals surface area contributed by atoms with Crippen LogP contribution < -0.4 is 22.1 Å². The number of halogens is 2. The number of nitrogens with one attached hydrogen (secondary N) is 1. The van der Waals surface area contributed by atoms with E-state index in [2.05, 4.69) is 5.32 Å². The van der Waals surface area contributed by atoms with Gasteiger partial charge in [0.15, 0.2) is 0 Å². The first-order valence-electron chi connectivity index (χ1n) is 12.9. The molecule has 1 aliphatic rings. The van der Waals surface area contributed by atoms with Crippen molar-refractivity contribution in [2.24, 2.45) is 7.05 Å². The highest BCUT2D eigenvalue weighted by Crippen LogP contribution is 2.34. The van der Waals surface area contributed by atoms with Crippen LogP contribution >= 0.6 is 22.6 Å². The Morgan fingerprint density at radius 2 is 1.85 bits per heavy atom. The molecule has 2 aromatic heterocycles. The molecule has 1 fully saturated rings. The number of ketones is 1. The number of hydrogen-bond donors (Lipinski definition) is 1. The van der Waals surface area contributed by atoms with E-state index >= 15 is 0 Å². The van der Waals surface area contributed by atoms with Crippen LogP contribution in [0, 0.1) is 16.3 Å². The molecule has 2 heterocycles. The lowest BCUT2D eigenvalue weighted by atomic mass is 10.1. The van der Waals surface area contributed by atoms with Gasteiger partial charge in [0.25, 0.3) is 11.1 Å². The number of pyridine rings is 1. The van der Waals surface area contributed by atoms with Crippen molar-refractivity contribution in [2.75, 3.05) is 5.32 Å². The zero-order valence-electron chi connectivity index (χ0n) is 21.9. The van der Waals surface area contributed by atoms with Crippen LogP contribution in [0.3, 0.4) is 0 Å². The second-order valence-corrected chi connectivity index (χ2v) is 11.1. The van der Waals surface area contributed by atoms with Gasteiger partial charge < -0.3 is 5.32 Å². The first-order valence-corrected chi connectivity index (χ1v) is 13.9. The number of aryl methyl sites for hydroxylation is 2. The van der Waals surface area contributed by atoms with Crippen molar-refractivity contribution in [1.29, 1.82) is 0 Å². The normalized spacial score (nSPS) is 13.2. The van der Waals surface area contributed by atoms with E-state index in [0.29, 0.717) is 41.4 Å². The molecular weight excluding hydrogens is 614 g/mol. The minimum Gasteiger partial charge on any atom is -0.338 e. The van der Waals surface area contributed by atoms with Gasteiger partial charge in [0, 0.05) is 35.1 Å². The van der Waals surface area contributed by atoms with Crippen LogP contribution in [-0.4, -0.2) is 19.5 Å². The van der Waals surface area contributed by atoms with Crippen LogP contribution in [0.1, 0.15) is 49.8 Å². The molecular formula is C29H28FIN4O4. The third-order valence-corrected chi connectivity index (χ3v) is 7.87. The van der Waals surface area contributed by atoms with Gasteiger partial charge in [-0.3, -0.25) is 28.1 Å². The monoisotopic (exact) mass is 642 g/mol. The van der Waals surface area contributed by atoms with Crippen molar-refractivity contribution < 1.29 is 9.18 Å². The Morgan fingerprint density at radius 3 is 2.51 bits per heavy atom. The van der Waals surface area contributed by atoms with Crippen molar-refractivity contribution in [3.63, 3.8) is 0 Å². The number of rotatable bonds is 8. The highest BCUT2D eigenvalue weighted by atomic mass is 127. The topological polar surface area (TPSA) is 95.1 Å². The van der Waals surface area contributed by atoms with Gasteiger partial charge in [0.05, 0.1) is 16.9 Å². The van der Waals surface area contributed by atoms with Crippen LogP contribution in [0.5, 0.6) is 0 Å². The molecule has 1 N–H and O–H groups in total. The molecule has 10 heteroatoms. The number of fused-ring (bicyclic) bond motifs is 1.